The summed E-state index contributed by atoms with van der Waals surface area (Å²) in [5, 5.41) is 1.64. The van der Waals surface area contributed by atoms with Gasteiger partial charge in [0.15, 0.2) is 0 Å². The normalized spacial score (nSPS) is 29.8. The molecule has 132 valence electrons. The van der Waals surface area contributed by atoms with E-state index in [9.17, 15) is 0 Å². The molecule has 0 spiro atoms. The Morgan fingerprint density at radius 2 is 1.62 bits per heavy atom. The number of piperazine rings is 1. The molecular weight excluding hydrogens is 339 g/mol. The van der Waals surface area contributed by atoms with E-state index in [0.29, 0.717) is 6.04 Å². The average molecular weight is 367 g/mol. The van der Waals surface area contributed by atoms with Crippen molar-refractivity contribution in [2.45, 2.75) is 63.6 Å². The topological polar surface area (TPSA) is 6.48 Å². The summed E-state index contributed by atoms with van der Waals surface area (Å²) in [7, 11) is 0. The first-order valence-corrected chi connectivity index (χ1v) is 10.4. The molecule has 1 saturated carbocycles. The molecule has 4 rings (SSSR count). The summed E-state index contributed by atoms with van der Waals surface area (Å²) in [6.07, 6.45) is 9.79. The number of halogens is 2. The van der Waals surface area contributed by atoms with Gasteiger partial charge >= 0.3 is 0 Å². The second kappa shape index (κ2) is 7.53. The third-order valence-corrected chi connectivity index (χ3v) is 7.17. The van der Waals surface area contributed by atoms with Gasteiger partial charge in [-0.15, -0.1) is 0 Å². The Kier molecular flexibility index (Phi) is 5.38. The van der Waals surface area contributed by atoms with Crippen LogP contribution in [0.25, 0.3) is 0 Å². The molecule has 0 N–H and O–H groups in total. The molecule has 24 heavy (non-hydrogen) atoms. The summed E-state index contributed by atoms with van der Waals surface area (Å²) in [5.74, 6) is 0.853. The van der Waals surface area contributed by atoms with Crippen molar-refractivity contribution in [3.05, 3.63) is 33.8 Å². The standard InChI is InChI=1S/C20H28Cl2N2/c21-17-8-4-9-18(22)16(17)14-24-13-12-23-11-5-10-19(23)20(24)15-6-2-1-3-7-15/h4,8-9,15,19-20H,1-3,5-7,10-14H2/t19-,20+/m0/s1. The van der Waals surface area contributed by atoms with Crippen molar-refractivity contribution in [2.75, 3.05) is 19.6 Å². The van der Waals surface area contributed by atoms with Crippen LogP contribution in [-0.4, -0.2) is 41.5 Å². The summed E-state index contributed by atoms with van der Waals surface area (Å²) < 4.78 is 0. The summed E-state index contributed by atoms with van der Waals surface area (Å²) in [6, 6.07) is 7.34. The van der Waals surface area contributed by atoms with Gasteiger partial charge in [0.2, 0.25) is 0 Å². The van der Waals surface area contributed by atoms with Gasteiger partial charge in [-0.25, -0.2) is 0 Å². The minimum absolute atomic E-state index is 0.689. The molecule has 0 unspecified atom stereocenters. The molecule has 2 aliphatic heterocycles. The van der Waals surface area contributed by atoms with E-state index in [1.165, 1.54) is 58.0 Å². The Bertz CT molecular complexity index is 551. The number of nitrogens with zero attached hydrogens (tertiary/aromatic N) is 2. The van der Waals surface area contributed by atoms with E-state index in [-0.39, 0.29) is 0 Å². The minimum atomic E-state index is 0.689. The number of benzene rings is 1. The molecule has 1 aromatic carbocycles. The van der Waals surface area contributed by atoms with Crippen LogP contribution >= 0.6 is 23.2 Å². The Morgan fingerprint density at radius 1 is 0.875 bits per heavy atom. The zero-order valence-electron chi connectivity index (χ0n) is 14.4. The number of hydrogen-bond acceptors (Lipinski definition) is 2. The zero-order chi connectivity index (χ0) is 16.5. The van der Waals surface area contributed by atoms with Crippen LogP contribution in [0.5, 0.6) is 0 Å². The lowest BCUT2D eigenvalue weighted by Crippen LogP contribution is -2.59. The van der Waals surface area contributed by atoms with Crippen molar-refractivity contribution < 1.29 is 0 Å². The van der Waals surface area contributed by atoms with Gasteiger partial charge in [0.25, 0.3) is 0 Å². The highest BCUT2D eigenvalue weighted by molar-refractivity contribution is 6.35. The largest absolute Gasteiger partial charge is 0.298 e. The number of hydrogen-bond donors (Lipinski definition) is 0. The van der Waals surface area contributed by atoms with Gasteiger partial charge in [0.1, 0.15) is 0 Å². The molecule has 3 aliphatic rings. The van der Waals surface area contributed by atoms with Crippen LogP contribution < -0.4 is 0 Å². The highest BCUT2D eigenvalue weighted by atomic mass is 35.5. The van der Waals surface area contributed by atoms with E-state index in [0.717, 1.165) is 40.7 Å². The van der Waals surface area contributed by atoms with Crippen molar-refractivity contribution >= 4 is 23.2 Å². The van der Waals surface area contributed by atoms with Crippen LogP contribution in [0.15, 0.2) is 18.2 Å². The molecule has 0 aromatic heterocycles. The SMILES string of the molecule is Clc1cccc(Cl)c1CN1CCN2CCC[C@H]2[C@H]1C1CCCCC1. The number of fused-ring (bicyclic) bond motifs is 1. The molecule has 4 heteroatoms. The molecule has 2 heterocycles. The fourth-order valence-corrected chi connectivity index (χ4v) is 5.84. The molecule has 3 fully saturated rings. The van der Waals surface area contributed by atoms with Gasteiger partial charge in [0, 0.05) is 47.3 Å². The second-order valence-electron chi connectivity index (χ2n) is 7.80. The lowest BCUT2D eigenvalue weighted by molar-refractivity contribution is -0.00377. The van der Waals surface area contributed by atoms with Crippen molar-refractivity contribution in [3.8, 4) is 0 Å². The van der Waals surface area contributed by atoms with E-state index in [2.05, 4.69) is 9.80 Å². The fourth-order valence-electron chi connectivity index (χ4n) is 5.32. The second-order valence-corrected chi connectivity index (χ2v) is 8.62. The molecular formula is C20H28Cl2N2. The predicted octanol–water partition coefficient (Wildman–Crippen LogP) is 5.22. The molecule has 0 amide bonds. The molecule has 2 atom stereocenters. The van der Waals surface area contributed by atoms with E-state index in [4.69, 9.17) is 23.2 Å². The van der Waals surface area contributed by atoms with Crippen LogP contribution in [0, 0.1) is 5.92 Å². The Morgan fingerprint density at radius 3 is 2.38 bits per heavy atom. The maximum atomic E-state index is 6.47. The highest BCUT2D eigenvalue weighted by Crippen LogP contribution is 2.39. The van der Waals surface area contributed by atoms with Crippen molar-refractivity contribution in [3.63, 3.8) is 0 Å². The maximum Gasteiger partial charge on any atom is 0.0465 e. The molecule has 2 nitrogen and oxygen atoms in total. The quantitative estimate of drug-likeness (QED) is 0.723. The number of rotatable bonds is 3. The first kappa shape index (κ1) is 17.1. The summed E-state index contributed by atoms with van der Waals surface area (Å²) in [5.41, 5.74) is 1.12. The van der Waals surface area contributed by atoms with Crippen molar-refractivity contribution in [1.29, 1.82) is 0 Å². The van der Waals surface area contributed by atoms with Crippen LogP contribution in [0.4, 0.5) is 0 Å². The summed E-state index contributed by atoms with van der Waals surface area (Å²) >= 11 is 12.9. The fraction of sp³-hybridized carbons (Fsp3) is 0.700. The molecule has 1 aliphatic carbocycles. The van der Waals surface area contributed by atoms with Crippen LogP contribution in [0.2, 0.25) is 10.0 Å². The predicted molar refractivity (Wildman–Crippen MR) is 102 cm³/mol. The monoisotopic (exact) mass is 366 g/mol. The first-order valence-electron chi connectivity index (χ1n) is 9.65. The summed E-state index contributed by atoms with van der Waals surface area (Å²) in [6.45, 7) is 4.56. The lowest BCUT2D eigenvalue weighted by Gasteiger charge is -2.49. The Hall–Kier alpha value is -0.280. The smallest absolute Gasteiger partial charge is 0.0465 e. The Labute approximate surface area is 156 Å². The van der Waals surface area contributed by atoms with Crippen molar-refractivity contribution in [1.82, 2.24) is 9.80 Å². The van der Waals surface area contributed by atoms with Gasteiger partial charge < -0.3 is 0 Å². The molecule has 0 bridgehead atoms. The third-order valence-electron chi connectivity index (χ3n) is 6.46. The summed E-state index contributed by atoms with van der Waals surface area (Å²) in [4.78, 5) is 5.47. The minimum Gasteiger partial charge on any atom is -0.298 e. The van der Waals surface area contributed by atoms with Crippen LogP contribution in [-0.2, 0) is 6.54 Å². The molecule has 1 aromatic rings. The zero-order valence-corrected chi connectivity index (χ0v) is 15.9. The van der Waals surface area contributed by atoms with E-state index in [1.54, 1.807) is 0 Å². The molecule has 0 radical (unpaired) electrons. The van der Waals surface area contributed by atoms with Gasteiger partial charge in [0.05, 0.1) is 0 Å². The Balaban J connectivity index is 1.59. The van der Waals surface area contributed by atoms with Gasteiger partial charge in [-0.3, -0.25) is 9.80 Å². The molecule has 2 saturated heterocycles. The van der Waals surface area contributed by atoms with Crippen LogP contribution in [0.1, 0.15) is 50.5 Å². The van der Waals surface area contributed by atoms with E-state index in [1.807, 2.05) is 18.2 Å². The highest BCUT2D eigenvalue weighted by Gasteiger charge is 2.43. The van der Waals surface area contributed by atoms with Crippen molar-refractivity contribution in [2.24, 2.45) is 5.92 Å². The van der Waals surface area contributed by atoms with Crippen LogP contribution in [0.3, 0.4) is 0 Å². The van der Waals surface area contributed by atoms with E-state index >= 15 is 0 Å². The first-order chi connectivity index (χ1) is 11.7. The lowest BCUT2D eigenvalue weighted by atomic mass is 9.78. The average Bonchev–Trinajstić information content (AvgIpc) is 3.07. The van der Waals surface area contributed by atoms with E-state index < -0.39 is 0 Å². The third kappa shape index (κ3) is 3.35. The maximum absolute atomic E-state index is 6.47. The van der Waals surface area contributed by atoms with Gasteiger partial charge in [-0.2, -0.15) is 0 Å². The van der Waals surface area contributed by atoms with Gasteiger partial charge in [-0.05, 0) is 50.3 Å². The van der Waals surface area contributed by atoms with Gasteiger partial charge in [-0.1, -0.05) is 48.5 Å².